The van der Waals surface area contributed by atoms with Crippen LogP contribution in [0.3, 0.4) is 0 Å². The van der Waals surface area contributed by atoms with Crippen LogP contribution in [0.4, 0.5) is 22.9 Å². The fourth-order valence-electron chi connectivity index (χ4n) is 3.64. The third-order valence-corrected chi connectivity index (χ3v) is 4.67. The number of benzene rings is 1. The second-order valence-corrected chi connectivity index (χ2v) is 7.20. The van der Waals surface area contributed by atoms with Gasteiger partial charge in [0, 0.05) is 24.8 Å². The van der Waals surface area contributed by atoms with Gasteiger partial charge in [0.1, 0.15) is 11.6 Å². The van der Waals surface area contributed by atoms with Gasteiger partial charge in [-0.15, -0.1) is 0 Å². The van der Waals surface area contributed by atoms with Gasteiger partial charge in [0.05, 0.1) is 29.8 Å². The first kappa shape index (κ1) is 17.6. The smallest absolute Gasteiger partial charge is 0.262 e. The lowest BCUT2D eigenvalue weighted by molar-refractivity contribution is -0.118. The molecular weight excluding hydrogens is 344 g/mol. The van der Waals surface area contributed by atoms with Crippen molar-refractivity contribution in [1.29, 1.82) is 0 Å². The number of nitrogens with zero attached hydrogens (tertiary/aromatic N) is 2. The molecule has 1 aromatic carbocycles. The molecule has 1 fully saturated rings. The fraction of sp³-hybridized carbons (Fsp3) is 0.400. The molecule has 27 heavy (non-hydrogen) atoms. The van der Waals surface area contributed by atoms with Crippen molar-refractivity contribution in [1.82, 2.24) is 4.98 Å². The van der Waals surface area contributed by atoms with Gasteiger partial charge in [-0.25, -0.2) is 4.98 Å². The van der Waals surface area contributed by atoms with E-state index in [4.69, 9.17) is 9.47 Å². The molecule has 2 aliphatic rings. The van der Waals surface area contributed by atoms with Crippen molar-refractivity contribution < 1.29 is 14.3 Å². The van der Waals surface area contributed by atoms with Crippen molar-refractivity contribution in [3.05, 3.63) is 36.0 Å². The molecule has 7 nitrogen and oxygen atoms in total. The summed E-state index contributed by atoms with van der Waals surface area (Å²) in [6, 6.07) is 7.71. The summed E-state index contributed by atoms with van der Waals surface area (Å²) >= 11 is 0. The van der Waals surface area contributed by atoms with Gasteiger partial charge in [0.2, 0.25) is 0 Å². The second kappa shape index (κ2) is 7.08. The Bertz CT molecular complexity index is 860. The molecule has 1 saturated heterocycles. The van der Waals surface area contributed by atoms with E-state index in [-0.39, 0.29) is 24.7 Å². The molecule has 7 heteroatoms. The monoisotopic (exact) mass is 368 g/mol. The Hall–Kier alpha value is -2.80. The molecule has 0 aliphatic carbocycles. The van der Waals surface area contributed by atoms with E-state index in [1.165, 1.54) is 0 Å². The molecule has 2 N–H and O–H groups in total. The van der Waals surface area contributed by atoms with Gasteiger partial charge < -0.3 is 25.0 Å². The topological polar surface area (TPSA) is 75.7 Å². The predicted molar refractivity (Wildman–Crippen MR) is 105 cm³/mol. The minimum atomic E-state index is -0.134. The van der Waals surface area contributed by atoms with Crippen molar-refractivity contribution in [3.63, 3.8) is 0 Å². The van der Waals surface area contributed by atoms with E-state index in [1.807, 2.05) is 24.4 Å². The number of hydrogen-bond donors (Lipinski definition) is 2. The van der Waals surface area contributed by atoms with Crippen LogP contribution in [0.1, 0.15) is 19.4 Å². The van der Waals surface area contributed by atoms with E-state index in [9.17, 15) is 4.79 Å². The number of pyridine rings is 1. The number of nitrogens with one attached hydrogen (secondary N) is 2. The Morgan fingerprint density at radius 1 is 1.19 bits per heavy atom. The second-order valence-electron chi connectivity index (χ2n) is 7.20. The lowest BCUT2D eigenvalue weighted by Gasteiger charge is -2.36. The van der Waals surface area contributed by atoms with E-state index >= 15 is 0 Å². The number of ether oxygens (including phenoxy) is 2. The van der Waals surface area contributed by atoms with Crippen molar-refractivity contribution >= 4 is 28.8 Å². The van der Waals surface area contributed by atoms with Gasteiger partial charge in [-0.2, -0.15) is 0 Å². The summed E-state index contributed by atoms with van der Waals surface area (Å²) in [6.45, 7) is 7.99. The molecule has 0 radical (unpaired) electrons. The highest BCUT2D eigenvalue weighted by Crippen LogP contribution is 2.32. The molecular formula is C20H24N4O3. The first-order valence-electron chi connectivity index (χ1n) is 9.19. The van der Waals surface area contributed by atoms with Gasteiger partial charge >= 0.3 is 0 Å². The van der Waals surface area contributed by atoms with E-state index in [1.54, 1.807) is 0 Å². The fourth-order valence-corrected chi connectivity index (χ4v) is 3.64. The highest BCUT2D eigenvalue weighted by atomic mass is 16.5. The third kappa shape index (κ3) is 3.83. The Labute approximate surface area is 158 Å². The lowest BCUT2D eigenvalue weighted by atomic mass is 10.2. The zero-order valence-corrected chi connectivity index (χ0v) is 15.8. The van der Waals surface area contributed by atoms with E-state index in [2.05, 4.69) is 47.4 Å². The van der Waals surface area contributed by atoms with Crippen molar-refractivity contribution in [2.75, 3.05) is 35.2 Å². The van der Waals surface area contributed by atoms with Crippen LogP contribution in [0, 0.1) is 6.92 Å². The van der Waals surface area contributed by atoms with Crippen molar-refractivity contribution in [3.8, 4) is 5.75 Å². The summed E-state index contributed by atoms with van der Waals surface area (Å²) in [7, 11) is 0. The molecule has 3 heterocycles. The minimum Gasteiger partial charge on any atom is -0.482 e. The third-order valence-electron chi connectivity index (χ3n) is 4.67. The molecule has 0 saturated carbocycles. The van der Waals surface area contributed by atoms with Crippen LogP contribution in [-0.2, 0) is 9.53 Å². The zero-order chi connectivity index (χ0) is 19.0. The highest BCUT2D eigenvalue weighted by molar-refractivity contribution is 5.95. The molecule has 142 valence electrons. The van der Waals surface area contributed by atoms with Gasteiger partial charge in [0.15, 0.2) is 6.61 Å². The molecule has 2 unspecified atom stereocenters. The Balaban J connectivity index is 1.51. The summed E-state index contributed by atoms with van der Waals surface area (Å²) in [5.74, 6) is 1.53. The van der Waals surface area contributed by atoms with Crippen LogP contribution in [0.15, 0.2) is 30.5 Å². The number of morpholine rings is 1. The number of fused-ring (bicyclic) bond motifs is 1. The van der Waals surface area contributed by atoms with Gasteiger partial charge in [0.25, 0.3) is 5.91 Å². The molecule has 1 aromatic heterocycles. The van der Waals surface area contributed by atoms with Crippen LogP contribution < -0.4 is 20.3 Å². The van der Waals surface area contributed by atoms with Crippen LogP contribution in [0.5, 0.6) is 5.75 Å². The molecule has 1 amide bonds. The lowest BCUT2D eigenvalue weighted by Crippen LogP contribution is -2.46. The maximum atomic E-state index is 11.4. The number of aryl methyl sites for hydroxylation is 1. The standard InChI is InChI=1S/C20H24N4O3/c1-12-6-16(8-21-20(12)24-9-13(2)27-14(3)10-24)22-15-4-5-17-18(7-15)26-11-19(25)23-17/h4-8,13-14,22H,9-11H2,1-3H3,(H,23,25). The van der Waals surface area contributed by atoms with Gasteiger partial charge in [-0.1, -0.05) is 0 Å². The highest BCUT2D eigenvalue weighted by Gasteiger charge is 2.24. The van der Waals surface area contributed by atoms with Crippen LogP contribution in [0.2, 0.25) is 0 Å². The zero-order valence-electron chi connectivity index (χ0n) is 15.8. The number of hydrogen-bond acceptors (Lipinski definition) is 6. The number of rotatable bonds is 3. The van der Waals surface area contributed by atoms with E-state index < -0.39 is 0 Å². The Morgan fingerprint density at radius 3 is 2.70 bits per heavy atom. The number of anilines is 4. The SMILES string of the molecule is Cc1cc(Nc2ccc3c(c2)OCC(=O)N3)cnc1N1CC(C)OC(C)C1. The summed E-state index contributed by atoms with van der Waals surface area (Å²) in [5, 5.41) is 6.15. The van der Waals surface area contributed by atoms with Crippen molar-refractivity contribution in [2.45, 2.75) is 33.0 Å². The average Bonchev–Trinajstić information content (AvgIpc) is 2.61. The first-order chi connectivity index (χ1) is 13.0. The number of amides is 1. The minimum absolute atomic E-state index is 0.0439. The van der Waals surface area contributed by atoms with Gasteiger partial charge in [-0.05, 0) is 44.5 Å². The maximum absolute atomic E-state index is 11.4. The van der Waals surface area contributed by atoms with Crippen LogP contribution in [-0.4, -0.2) is 42.8 Å². The summed E-state index contributed by atoms with van der Waals surface area (Å²) in [6.07, 6.45) is 2.24. The Kier molecular flexibility index (Phi) is 4.61. The molecule has 2 aromatic rings. The quantitative estimate of drug-likeness (QED) is 0.867. The number of carbonyl (C=O) groups excluding carboxylic acids is 1. The normalized spacial score (nSPS) is 21.9. The number of carbonyl (C=O) groups is 1. The van der Waals surface area contributed by atoms with Crippen LogP contribution >= 0.6 is 0 Å². The molecule has 0 bridgehead atoms. The Morgan fingerprint density at radius 2 is 1.96 bits per heavy atom. The average molecular weight is 368 g/mol. The number of aromatic nitrogens is 1. The van der Waals surface area contributed by atoms with Gasteiger partial charge in [-0.3, -0.25) is 4.79 Å². The molecule has 0 spiro atoms. The van der Waals surface area contributed by atoms with Crippen molar-refractivity contribution in [2.24, 2.45) is 0 Å². The molecule has 2 atom stereocenters. The molecule has 4 rings (SSSR count). The summed E-state index contributed by atoms with van der Waals surface area (Å²) in [4.78, 5) is 18.3. The van der Waals surface area contributed by atoms with Crippen LogP contribution in [0.25, 0.3) is 0 Å². The first-order valence-corrected chi connectivity index (χ1v) is 9.19. The summed E-state index contributed by atoms with van der Waals surface area (Å²) < 4.78 is 11.3. The summed E-state index contributed by atoms with van der Waals surface area (Å²) in [5.41, 5.74) is 3.60. The van der Waals surface area contributed by atoms with E-state index in [0.717, 1.165) is 35.8 Å². The maximum Gasteiger partial charge on any atom is 0.262 e. The predicted octanol–water partition coefficient (Wildman–Crippen LogP) is 3.08. The largest absolute Gasteiger partial charge is 0.482 e. The van der Waals surface area contributed by atoms with E-state index in [0.29, 0.717) is 11.4 Å². The molecule has 2 aliphatic heterocycles.